The van der Waals surface area contributed by atoms with Gasteiger partial charge < -0.3 is 5.73 Å². The van der Waals surface area contributed by atoms with Crippen LogP contribution in [0.25, 0.3) is 0 Å². The van der Waals surface area contributed by atoms with Crippen LogP contribution in [0.5, 0.6) is 0 Å². The fourth-order valence-electron chi connectivity index (χ4n) is 0.878. The first-order valence-corrected chi connectivity index (χ1v) is 4.20. The molecule has 92 valence electrons. The van der Waals surface area contributed by atoms with Crippen LogP contribution < -0.4 is 16.6 Å². The number of pyridine rings is 1. The van der Waals surface area contributed by atoms with Crippen molar-refractivity contribution in [1.29, 1.82) is 0 Å². The molecule has 0 saturated carbocycles. The van der Waals surface area contributed by atoms with Crippen molar-refractivity contribution in [3.05, 3.63) is 29.6 Å². The molecule has 0 aliphatic carbocycles. The van der Waals surface area contributed by atoms with Gasteiger partial charge in [-0.3, -0.25) is 15.2 Å². The third-order valence-electron chi connectivity index (χ3n) is 1.62. The topological polar surface area (TPSA) is 97.1 Å². The van der Waals surface area contributed by atoms with E-state index in [1.165, 1.54) is 0 Å². The molecule has 17 heavy (non-hydrogen) atoms. The van der Waals surface area contributed by atoms with E-state index in [2.05, 4.69) is 10.7 Å². The Morgan fingerprint density at radius 2 is 1.88 bits per heavy atom. The van der Waals surface area contributed by atoms with Gasteiger partial charge in [0.05, 0.1) is 5.56 Å². The van der Waals surface area contributed by atoms with Gasteiger partial charge in [-0.25, -0.2) is 10.2 Å². The number of nitrogens with zero attached hydrogens (tertiary/aromatic N) is 1. The van der Waals surface area contributed by atoms with Crippen molar-refractivity contribution in [3.8, 4) is 0 Å². The van der Waals surface area contributed by atoms with Crippen LogP contribution in [-0.4, -0.2) is 16.9 Å². The number of hydrogen-bond donors (Lipinski definition) is 3. The highest BCUT2D eigenvalue weighted by Gasteiger charge is 2.30. The molecule has 6 nitrogen and oxygen atoms in total. The lowest BCUT2D eigenvalue weighted by Crippen LogP contribution is -2.44. The lowest BCUT2D eigenvalue weighted by molar-refractivity contribution is -0.137. The Labute approximate surface area is 93.0 Å². The van der Waals surface area contributed by atoms with Crippen molar-refractivity contribution in [1.82, 2.24) is 15.8 Å². The summed E-state index contributed by atoms with van der Waals surface area (Å²) < 4.78 is 36.5. The highest BCUT2D eigenvalue weighted by atomic mass is 19.4. The first kappa shape index (κ1) is 12.7. The number of primary amides is 1. The van der Waals surface area contributed by atoms with E-state index < -0.39 is 23.7 Å². The van der Waals surface area contributed by atoms with Gasteiger partial charge in [0.15, 0.2) is 0 Å². The summed E-state index contributed by atoms with van der Waals surface area (Å²) >= 11 is 0. The summed E-state index contributed by atoms with van der Waals surface area (Å²) in [5.41, 5.74) is 7.02. The highest BCUT2D eigenvalue weighted by molar-refractivity contribution is 5.93. The number of carbonyl (C=O) groups is 2. The Hall–Kier alpha value is -2.32. The molecule has 1 aromatic rings. The minimum atomic E-state index is -4.52. The summed E-state index contributed by atoms with van der Waals surface area (Å²) in [5, 5.41) is 0. The third kappa shape index (κ3) is 3.63. The summed E-state index contributed by atoms with van der Waals surface area (Å²) in [7, 11) is 0. The number of hydrogen-bond acceptors (Lipinski definition) is 3. The molecule has 1 rings (SSSR count). The summed E-state index contributed by atoms with van der Waals surface area (Å²) in [6.45, 7) is 0. The van der Waals surface area contributed by atoms with Gasteiger partial charge in [0, 0.05) is 6.20 Å². The Balaban J connectivity index is 2.74. The van der Waals surface area contributed by atoms with Gasteiger partial charge in [-0.2, -0.15) is 13.2 Å². The number of nitrogens with two attached hydrogens (primary N) is 1. The van der Waals surface area contributed by atoms with E-state index >= 15 is 0 Å². The molecule has 1 heterocycles. The highest BCUT2D eigenvalue weighted by Crippen LogP contribution is 2.28. The molecule has 0 fully saturated rings. The van der Waals surface area contributed by atoms with E-state index in [1.807, 2.05) is 5.43 Å². The average molecular weight is 248 g/mol. The number of rotatable bonds is 1. The van der Waals surface area contributed by atoms with Crippen molar-refractivity contribution >= 4 is 11.9 Å². The molecule has 0 radical (unpaired) electrons. The molecule has 0 aliphatic heterocycles. The molecule has 0 saturated heterocycles. The fourth-order valence-corrected chi connectivity index (χ4v) is 0.878. The predicted octanol–water partition coefficient (Wildman–Crippen LogP) is 0.413. The molecule has 0 aliphatic rings. The van der Waals surface area contributed by atoms with Crippen molar-refractivity contribution in [2.24, 2.45) is 5.73 Å². The summed E-state index contributed by atoms with van der Waals surface area (Å²) in [6, 6.07) is 0.567. The maximum Gasteiger partial charge on any atom is 0.417 e. The Morgan fingerprint density at radius 1 is 1.24 bits per heavy atom. The third-order valence-corrected chi connectivity index (χ3v) is 1.62. The zero-order chi connectivity index (χ0) is 13.1. The van der Waals surface area contributed by atoms with Crippen molar-refractivity contribution < 1.29 is 22.8 Å². The number of halogens is 3. The van der Waals surface area contributed by atoms with E-state index in [0.29, 0.717) is 12.3 Å². The van der Waals surface area contributed by atoms with Crippen molar-refractivity contribution in [2.45, 2.75) is 6.18 Å². The Bertz CT molecular complexity index is 429. The lowest BCUT2D eigenvalue weighted by Gasteiger charge is -2.07. The Kier molecular flexibility index (Phi) is 3.51. The largest absolute Gasteiger partial charge is 0.417 e. The molecular formula is C8H7F3N4O2. The number of carbonyl (C=O) groups excluding carboxylic acids is 2. The average Bonchev–Trinajstić information content (AvgIpc) is 2.25. The van der Waals surface area contributed by atoms with Gasteiger partial charge in [0.2, 0.25) is 0 Å². The van der Waals surface area contributed by atoms with Crippen molar-refractivity contribution in [3.63, 3.8) is 0 Å². The van der Waals surface area contributed by atoms with E-state index in [4.69, 9.17) is 0 Å². The van der Waals surface area contributed by atoms with Crippen LogP contribution in [0.4, 0.5) is 18.0 Å². The molecule has 0 unspecified atom stereocenters. The van der Waals surface area contributed by atoms with Crippen molar-refractivity contribution in [2.75, 3.05) is 0 Å². The number of hydrazine groups is 1. The predicted molar refractivity (Wildman–Crippen MR) is 49.4 cm³/mol. The SMILES string of the molecule is NC(=O)NNC(=O)c1ccc(C(F)(F)F)cn1. The zero-order valence-corrected chi connectivity index (χ0v) is 8.21. The van der Waals surface area contributed by atoms with Gasteiger partial charge in [-0.1, -0.05) is 0 Å². The fraction of sp³-hybridized carbons (Fsp3) is 0.125. The van der Waals surface area contributed by atoms with Crippen LogP contribution in [0.1, 0.15) is 16.1 Å². The second-order valence-corrected chi connectivity index (χ2v) is 2.87. The minimum absolute atomic E-state index is 0.285. The number of urea groups is 1. The molecule has 0 aromatic carbocycles. The Morgan fingerprint density at radius 3 is 2.29 bits per heavy atom. The molecular weight excluding hydrogens is 241 g/mol. The van der Waals surface area contributed by atoms with Gasteiger partial charge in [0.25, 0.3) is 5.91 Å². The number of alkyl halides is 3. The second kappa shape index (κ2) is 4.68. The standard InChI is InChI=1S/C8H7F3N4O2/c9-8(10,11)4-1-2-5(13-3-4)6(16)14-15-7(12)17/h1-3H,(H,14,16)(H3,12,15,17). The van der Waals surface area contributed by atoms with Gasteiger partial charge in [-0.15, -0.1) is 0 Å². The molecule has 1 aromatic heterocycles. The van der Waals surface area contributed by atoms with E-state index in [-0.39, 0.29) is 5.69 Å². The van der Waals surface area contributed by atoms with E-state index in [0.717, 1.165) is 6.07 Å². The number of amides is 3. The molecule has 3 amide bonds. The van der Waals surface area contributed by atoms with Crippen LogP contribution in [0, 0.1) is 0 Å². The summed E-state index contributed by atoms with van der Waals surface area (Å²) in [4.78, 5) is 24.7. The van der Waals surface area contributed by atoms with E-state index in [1.54, 1.807) is 5.43 Å². The van der Waals surface area contributed by atoms with Gasteiger partial charge >= 0.3 is 12.2 Å². The lowest BCUT2D eigenvalue weighted by atomic mass is 10.2. The maximum absolute atomic E-state index is 12.2. The van der Waals surface area contributed by atoms with Gasteiger partial charge in [-0.05, 0) is 12.1 Å². The van der Waals surface area contributed by atoms with Gasteiger partial charge in [0.1, 0.15) is 5.69 Å². The van der Waals surface area contributed by atoms with E-state index in [9.17, 15) is 22.8 Å². The van der Waals surface area contributed by atoms with Crippen LogP contribution in [0.2, 0.25) is 0 Å². The van der Waals surface area contributed by atoms with Crippen LogP contribution in [0.3, 0.4) is 0 Å². The summed E-state index contributed by atoms with van der Waals surface area (Å²) in [5.74, 6) is -0.877. The molecule has 9 heteroatoms. The minimum Gasteiger partial charge on any atom is -0.350 e. The monoisotopic (exact) mass is 248 g/mol. The molecule has 4 N–H and O–H groups in total. The number of aromatic nitrogens is 1. The summed E-state index contributed by atoms with van der Waals surface area (Å²) in [6.07, 6.45) is -4.01. The molecule has 0 bridgehead atoms. The first-order valence-electron chi connectivity index (χ1n) is 4.20. The number of nitrogens with one attached hydrogen (secondary N) is 2. The molecule has 0 spiro atoms. The first-order chi connectivity index (χ1) is 7.80. The second-order valence-electron chi connectivity index (χ2n) is 2.87. The van der Waals surface area contributed by atoms with Crippen LogP contribution in [0.15, 0.2) is 18.3 Å². The maximum atomic E-state index is 12.2. The quantitative estimate of drug-likeness (QED) is 0.628. The van der Waals surface area contributed by atoms with Crippen LogP contribution in [-0.2, 0) is 6.18 Å². The molecule has 0 atom stereocenters. The normalized spacial score (nSPS) is 10.8. The zero-order valence-electron chi connectivity index (χ0n) is 8.21. The van der Waals surface area contributed by atoms with Crippen LogP contribution >= 0.6 is 0 Å². The smallest absolute Gasteiger partial charge is 0.350 e.